The maximum Gasteiger partial charge on any atom is 0.164 e. The van der Waals surface area contributed by atoms with E-state index in [2.05, 4.69) is 49.5 Å². The van der Waals surface area contributed by atoms with E-state index in [9.17, 15) is 0 Å². The summed E-state index contributed by atoms with van der Waals surface area (Å²) in [5, 5.41) is 0.597. The Labute approximate surface area is 278 Å². The van der Waals surface area contributed by atoms with E-state index in [0.717, 1.165) is 45.0 Å². The standard InChI is InChI=1S/C32H23ClN4.C7H10.C2H6/c1-3-10-29(34-2)23-17-15-22(16-18-23)26-19-27(21-28(33)20-26)32-36-30(24-11-6-4-7-12-24)35-31(37-32)25-13-8-5-9-14-25;1-7-5-3-2-4-6-7;1-2/h3-21H,1-2H2;2-5,7H,6H2,1H3;1-2H3/b29-10-;;. The van der Waals surface area contributed by atoms with Gasteiger partial charge < -0.3 is 0 Å². The second-order valence-electron chi connectivity index (χ2n) is 10.3. The smallest absolute Gasteiger partial charge is 0.164 e. The fourth-order valence-electron chi connectivity index (χ4n) is 4.71. The number of hydrogen-bond acceptors (Lipinski definition) is 4. The van der Waals surface area contributed by atoms with Gasteiger partial charge >= 0.3 is 0 Å². The van der Waals surface area contributed by atoms with Crippen molar-refractivity contribution in [2.75, 3.05) is 0 Å². The summed E-state index contributed by atoms with van der Waals surface area (Å²) in [6.45, 7) is 13.6. The van der Waals surface area contributed by atoms with Crippen molar-refractivity contribution < 1.29 is 0 Å². The Balaban J connectivity index is 0.000000466. The van der Waals surface area contributed by atoms with Crippen LogP contribution in [0.2, 0.25) is 5.02 Å². The van der Waals surface area contributed by atoms with E-state index in [1.165, 1.54) is 6.42 Å². The van der Waals surface area contributed by atoms with Crippen LogP contribution < -0.4 is 0 Å². The number of nitrogens with zero attached hydrogens (tertiary/aromatic N) is 4. The predicted octanol–water partition coefficient (Wildman–Crippen LogP) is 11.6. The largest absolute Gasteiger partial charge is 0.264 e. The molecule has 0 N–H and O–H groups in total. The molecule has 1 aliphatic rings. The van der Waals surface area contributed by atoms with Gasteiger partial charge in [0.1, 0.15) is 0 Å². The van der Waals surface area contributed by atoms with Gasteiger partial charge in [0.05, 0.1) is 5.70 Å². The monoisotopic (exact) mass is 622 g/mol. The molecule has 1 heterocycles. The Hall–Kier alpha value is -5.19. The molecule has 5 heteroatoms. The number of rotatable bonds is 7. The lowest BCUT2D eigenvalue weighted by molar-refractivity contribution is 0.737. The van der Waals surface area contributed by atoms with Crippen molar-refractivity contribution in [3.8, 4) is 45.3 Å². The molecule has 0 aliphatic heterocycles. The summed E-state index contributed by atoms with van der Waals surface area (Å²) in [7, 11) is 0. The zero-order chi connectivity index (χ0) is 32.7. The molecule has 0 fully saturated rings. The van der Waals surface area contributed by atoms with Crippen molar-refractivity contribution >= 4 is 24.0 Å². The molecule has 0 radical (unpaired) electrons. The van der Waals surface area contributed by atoms with Gasteiger partial charge in [-0.25, -0.2) is 15.0 Å². The highest BCUT2D eigenvalue weighted by Crippen LogP contribution is 2.32. The third-order valence-corrected chi connectivity index (χ3v) is 7.23. The van der Waals surface area contributed by atoms with Crippen molar-refractivity contribution in [1.29, 1.82) is 0 Å². The van der Waals surface area contributed by atoms with E-state index in [4.69, 9.17) is 26.6 Å². The van der Waals surface area contributed by atoms with Crippen LogP contribution in [0.4, 0.5) is 0 Å². The number of aromatic nitrogens is 3. The van der Waals surface area contributed by atoms with E-state index in [1.54, 1.807) is 6.08 Å². The van der Waals surface area contributed by atoms with E-state index in [1.807, 2.05) is 123 Å². The maximum absolute atomic E-state index is 6.59. The molecule has 4 aromatic carbocycles. The van der Waals surface area contributed by atoms with Crippen molar-refractivity contribution in [2.24, 2.45) is 10.9 Å². The lowest BCUT2D eigenvalue weighted by Crippen LogP contribution is -2.00. The first-order chi connectivity index (χ1) is 22.5. The number of hydrogen-bond donors (Lipinski definition) is 0. The molecule has 1 unspecified atom stereocenters. The quantitative estimate of drug-likeness (QED) is 0.134. The highest BCUT2D eigenvalue weighted by molar-refractivity contribution is 6.31. The molecular weight excluding hydrogens is 584 g/mol. The topological polar surface area (TPSA) is 51.0 Å². The molecule has 0 amide bonds. The molecule has 1 aromatic heterocycles. The van der Waals surface area contributed by atoms with E-state index < -0.39 is 0 Å². The number of aliphatic imine (C=N–C) groups is 1. The van der Waals surface area contributed by atoms with Crippen molar-refractivity contribution in [1.82, 2.24) is 15.0 Å². The average Bonchev–Trinajstić information content (AvgIpc) is 3.12. The van der Waals surface area contributed by atoms with Crippen LogP contribution in [-0.4, -0.2) is 21.7 Å². The Bertz CT molecular complexity index is 1760. The Morgan fingerprint density at radius 2 is 1.26 bits per heavy atom. The molecule has 1 atom stereocenters. The third kappa shape index (κ3) is 9.16. The van der Waals surface area contributed by atoms with E-state index in [0.29, 0.717) is 22.5 Å². The molecule has 0 saturated heterocycles. The van der Waals surface area contributed by atoms with Gasteiger partial charge in [0.15, 0.2) is 17.5 Å². The number of benzene rings is 4. The SMILES string of the molecule is C=C/C=C(\N=C)c1ccc(-c2cc(Cl)cc(-c3nc(-c4ccccc4)nc(-c4ccccc4)n3)c2)cc1.CC.CC1C=CC=CC1. The Morgan fingerprint density at radius 3 is 1.72 bits per heavy atom. The van der Waals surface area contributed by atoms with Crippen LogP contribution in [0.5, 0.6) is 0 Å². The zero-order valence-corrected chi connectivity index (χ0v) is 27.4. The van der Waals surface area contributed by atoms with Crippen LogP contribution in [0.3, 0.4) is 0 Å². The molecule has 0 spiro atoms. The van der Waals surface area contributed by atoms with Gasteiger partial charge in [-0.2, -0.15) is 0 Å². The van der Waals surface area contributed by atoms with Gasteiger partial charge in [-0.1, -0.05) is 154 Å². The molecule has 4 nitrogen and oxygen atoms in total. The van der Waals surface area contributed by atoms with Gasteiger partial charge in [-0.15, -0.1) is 0 Å². The van der Waals surface area contributed by atoms with E-state index in [-0.39, 0.29) is 0 Å². The van der Waals surface area contributed by atoms with Gasteiger partial charge in [-0.05, 0) is 54.5 Å². The van der Waals surface area contributed by atoms with Crippen LogP contribution in [0, 0.1) is 5.92 Å². The number of halogens is 1. The van der Waals surface area contributed by atoms with Crippen molar-refractivity contribution in [3.63, 3.8) is 0 Å². The summed E-state index contributed by atoms with van der Waals surface area (Å²) in [5.41, 5.74) is 6.33. The lowest BCUT2D eigenvalue weighted by atomic mass is 10.0. The molecule has 1 aliphatic carbocycles. The molecule has 0 bridgehead atoms. The van der Waals surface area contributed by atoms with Gasteiger partial charge in [0, 0.05) is 27.3 Å². The molecular formula is C41H39ClN4. The van der Waals surface area contributed by atoms with Crippen LogP contribution in [0.15, 0.2) is 151 Å². The summed E-state index contributed by atoms with van der Waals surface area (Å²) >= 11 is 6.59. The molecule has 5 aromatic rings. The molecule has 6 rings (SSSR count). The normalized spacial score (nSPS) is 13.5. The fraction of sp³-hybridized carbons (Fsp3) is 0.122. The minimum absolute atomic E-state index is 0.556. The van der Waals surface area contributed by atoms with Crippen molar-refractivity contribution in [3.05, 3.63) is 157 Å². The summed E-state index contributed by atoms with van der Waals surface area (Å²) in [6.07, 6.45) is 13.4. The second-order valence-corrected chi connectivity index (χ2v) is 10.8. The van der Waals surface area contributed by atoms with Gasteiger partial charge in [0.25, 0.3) is 0 Å². The van der Waals surface area contributed by atoms with Gasteiger partial charge in [-0.3, -0.25) is 4.99 Å². The molecule has 46 heavy (non-hydrogen) atoms. The summed E-state index contributed by atoms with van der Waals surface area (Å²) < 4.78 is 0. The second kappa shape index (κ2) is 17.3. The minimum Gasteiger partial charge on any atom is -0.264 e. The predicted molar refractivity (Wildman–Crippen MR) is 198 cm³/mol. The molecule has 0 saturated carbocycles. The highest BCUT2D eigenvalue weighted by atomic mass is 35.5. The Morgan fingerprint density at radius 1 is 0.717 bits per heavy atom. The lowest BCUT2D eigenvalue weighted by Gasteiger charge is -2.11. The van der Waals surface area contributed by atoms with Crippen molar-refractivity contribution in [2.45, 2.75) is 27.2 Å². The minimum atomic E-state index is 0.556. The highest BCUT2D eigenvalue weighted by Gasteiger charge is 2.14. The van der Waals surface area contributed by atoms with Gasteiger partial charge in [0.2, 0.25) is 0 Å². The first-order valence-corrected chi connectivity index (χ1v) is 15.8. The summed E-state index contributed by atoms with van der Waals surface area (Å²) in [4.78, 5) is 18.5. The third-order valence-electron chi connectivity index (χ3n) is 7.01. The van der Waals surface area contributed by atoms with Crippen LogP contribution in [0.25, 0.3) is 51.0 Å². The van der Waals surface area contributed by atoms with Crippen LogP contribution in [-0.2, 0) is 0 Å². The summed E-state index contributed by atoms with van der Waals surface area (Å²) in [6, 6.07) is 33.7. The first kappa shape index (κ1) is 33.7. The Kier molecular flexibility index (Phi) is 12.7. The van der Waals surface area contributed by atoms with Crippen LogP contribution in [0.1, 0.15) is 32.8 Å². The summed E-state index contributed by atoms with van der Waals surface area (Å²) in [5.74, 6) is 2.53. The first-order valence-electron chi connectivity index (χ1n) is 15.5. The molecule has 230 valence electrons. The van der Waals surface area contributed by atoms with Crippen LogP contribution >= 0.6 is 11.6 Å². The fourth-order valence-corrected chi connectivity index (χ4v) is 4.95. The maximum atomic E-state index is 6.59. The van der Waals surface area contributed by atoms with E-state index >= 15 is 0 Å². The average molecular weight is 623 g/mol. The zero-order valence-electron chi connectivity index (χ0n) is 26.6. The number of allylic oxidation sites excluding steroid dienone is 6.